The molecule has 0 fully saturated rings. The third-order valence-corrected chi connectivity index (χ3v) is 2.70. The topological polar surface area (TPSA) is 64.9 Å². The molecule has 1 heterocycles. The molecule has 1 aromatic rings. The smallest absolute Gasteiger partial charge is 0.219 e. The number of nitrogens with zero attached hydrogens (tertiary/aromatic N) is 2. The lowest BCUT2D eigenvalue weighted by molar-refractivity contribution is 0.387. The Morgan fingerprint density at radius 1 is 1.19 bits per heavy atom. The van der Waals surface area contributed by atoms with E-state index < -0.39 is 0 Å². The van der Waals surface area contributed by atoms with Gasteiger partial charge in [-0.3, -0.25) is 0 Å². The average molecular weight is 225 g/mol. The summed E-state index contributed by atoms with van der Waals surface area (Å²) in [6.07, 6.45) is 6.29. The monoisotopic (exact) mass is 225 g/mol. The van der Waals surface area contributed by atoms with E-state index in [1.165, 1.54) is 0 Å². The summed E-state index contributed by atoms with van der Waals surface area (Å²) in [5.41, 5.74) is 5.45. The molecule has 0 aliphatic carbocycles. The van der Waals surface area contributed by atoms with Crippen molar-refractivity contribution >= 4 is 0 Å². The highest BCUT2D eigenvalue weighted by Gasteiger charge is 2.16. The fourth-order valence-electron chi connectivity index (χ4n) is 1.87. The Bertz CT molecular complexity index is 280. The molecule has 16 heavy (non-hydrogen) atoms. The van der Waals surface area contributed by atoms with Gasteiger partial charge >= 0.3 is 0 Å². The first-order valence-electron chi connectivity index (χ1n) is 6.34. The summed E-state index contributed by atoms with van der Waals surface area (Å²) in [7, 11) is 0. The van der Waals surface area contributed by atoms with Crippen molar-refractivity contribution in [2.75, 3.05) is 6.54 Å². The molecular weight excluding hydrogens is 202 g/mol. The van der Waals surface area contributed by atoms with Gasteiger partial charge in [0.2, 0.25) is 11.8 Å². The molecule has 1 rings (SSSR count). The summed E-state index contributed by atoms with van der Waals surface area (Å²) in [4.78, 5) is 0. The lowest BCUT2D eigenvalue weighted by Gasteiger charge is -2.09. The summed E-state index contributed by atoms with van der Waals surface area (Å²) in [6.45, 7) is 5.05. The first-order chi connectivity index (χ1) is 7.81. The third-order valence-electron chi connectivity index (χ3n) is 2.70. The maximum atomic E-state index is 5.68. The van der Waals surface area contributed by atoms with Crippen molar-refractivity contribution in [3.8, 4) is 0 Å². The maximum Gasteiger partial charge on any atom is 0.219 e. The highest BCUT2D eigenvalue weighted by molar-refractivity contribution is 4.91. The fourth-order valence-corrected chi connectivity index (χ4v) is 1.87. The predicted octanol–water partition coefficient (Wildman–Crippen LogP) is 2.64. The Labute approximate surface area is 97.6 Å². The normalized spacial score (nSPS) is 11.2. The van der Waals surface area contributed by atoms with Gasteiger partial charge in [-0.25, -0.2) is 0 Å². The van der Waals surface area contributed by atoms with Crippen LogP contribution in [-0.2, 0) is 6.42 Å². The quantitative estimate of drug-likeness (QED) is 0.738. The minimum Gasteiger partial charge on any atom is -0.425 e. The molecule has 0 aliphatic heterocycles. The van der Waals surface area contributed by atoms with Crippen LogP contribution in [0.25, 0.3) is 0 Å². The van der Waals surface area contributed by atoms with Gasteiger partial charge in [0.15, 0.2) is 0 Å². The van der Waals surface area contributed by atoms with Crippen LogP contribution in [0.2, 0.25) is 0 Å². The average Bonchev–Trinajstić information content (AvgIpc) is 2.74. The van der Waals surface area contributed by atoms with Gasteiger partial charge < -0.3 is 10.2 Å². The van der Waals surface area contributed by atoms with Crippen LogP contribution >= 0.6 is 0 Å². The van der Waals surface area contributed by atoms with Crippen molar-refractivity contribution in [2.24, 2.45) is 5.73 Å². The molecule has 0 unspecified atom stereocenters. The standard InChI is InChI=1S/C12H23N3O/c1-3-6-10(7-4-2)12-15-14-11(16-12)8-5-9-13/h10H,3-9,13H2,1-2H3. The minimum atomic E-state index is 0.439. The molecule has 0 aliphatic rings. The second kappa shape index (κ2) is 7.39. The number of nitrogens with two attached hydrogens (primary N) is 1. The molecule has 0 amide bonds. The molecule has 0 bridgehead atoms. The first kappa shape index (κ1) is 13.2. The van der Waals surface area contributed by atoms with Gasteiger partial charge in [0, 0.05) is 12.3 Å². The molecule has 1 aromatic heterocycles. The van der Waals surface area contributed by atoms with E-state index in [2.05, 4.69) is 24.0 Å². The molecular formula is C12H23N3O. The molecule has 0 saturated carbocycles. The Hall–Kier alpha value is -0.900. The molecule has 4 heteroatoms. The first-order valence-corrected chi connectivity index (χ1v) is 6.34. The third kappa shape index (κ3) is 3.93. The fraction of sp³-hybridized carbons (Fsp3) is 0.833. The van der Waals surface area contributed by atoms with Crippen LogP contribution in [0.3, 0.4) is 0 Å². The highest BCUT2D eigenvalue weighted by atomic mass is 16.4. The Kier molecular flexibility index (Phi) is 6.08. The molecule has 0 atom stereocenters. The van der Waals surface area contributed by atoms with Crippen molar-refractivity contribution in [3.05, 3.63) is 11.8 Å². The van der Waals surface area contributed by atoms with Crippen LogP contribution in [0.5, 0.6) is 0 Å². The Morgan fingerprint density at radius 3 is 2.44 bits per heavy atom. The van der Waals surface area contributed by atoms with Crippen molar-refractivity contribution in [3.63, 3.8) is 0 Å². The van der Waals surface area contributed by atoms with Crippen molar-refractivity contribution < 1.29 is 4.42 Å². The lowest BCUT2D eigenvalue weighted by atomic mass is 9.98. The summed E-state index contributed by atoms with van der Waals surface area (Å²) in [6, 6.07) is 0. The summed E-state index contributed by atoms with van der Waals surface area (Å²) in [5, 5.41) is 8.22. The van der Waals surface area contributed by atoms with E-state index in [1.807, 2.05) is 0 Å². The number of hydrogen-bond acceptors (Lipinski definition) is 4. The van der Waals surface area contributed by atoms with Crippen LogP contribution in [0.1, 0.15) is 63.7 Å². The maximum absolute atomic E-state index is 5.68. The van der Waals surface area contributed by atoms with Crippen LogP contribution in [0, 0.1) is 0 Å². The molecule has 0 saturated heterocycles. The molecule has 0 spiro atoms. The Balaban J connectivity index is 2.58. The van der Waals surface area contributed by atoms with Gasteiger partial charge in [-0.15, -0.1) is 10.2 Å². The van der Waals surface area contributed by atoms with Crippen LogP contribution in [-0.4, -0.2) is 16.7 Å². The highest BCUT2D eigenvalue weighted by Crippen LogP contribution is 2.25. The van der Waals surface area contributed by atoms with Crippen LogP contribution in [0.15, 0.2) is 4.42 Å². The summed E-state index contributed by atoms with van der Waals surface area (Å²) < 4.78 is 5.68. The zero-order valence-electron chi connectivity index (χ0n) is 10.4. The van der Waals surface area contributed by atoms with Gasteiger partial charge in [0.05, 0.1) is 0 Å². The number of aryl methyl sites for hydroxylation is 1. The van der Waals surface area contributed by atoms with E-state index >= 15 is 0 Å². The molecule has 4 nitrogen and oxygen atoms in total. The van der Waals surface area contributed by atoms with Crippen LogP contribution < -0.4 is 5.73 Å². The van der Waals surface area contributed by atoms with E-state index in [4.69, 9.17) is 10.2 Å². The van der Waals surface area contributed by atoms with E-state index in [0.717, 1.165) is 50.3 Å². The van der Waals surface area contributed by atoms with E-state index in [9.17, 15) is 0 Å². The molecule has 0 aromatic carbocycles. The number of hydrogen-bond donors (Lipinski definition) is 1. The Morgan fingerprint density at radius 2 is 1.88 bits per heavy atom. The van der Waals surface area contributed by atoms with E-state index in [0.29, 0.717) is 12.5 Å². The van der Waals surface area contributed by atoms with Crippen molar-refractivity contribution in [1.29, 1.82) is 0 Å². The molecule has 0 radical (unpaired) electrons. The lowest BCUT2D eigenvalue weighted by Crippen LogP contribution is -2.00. The second-order valence-corrected chi connectivity index (χ2v) is 4.20. The van der Waals surface area contributed by atoms with Crippen molar-refractivity contribution in [1.82, 2.24) is 10.2 Å². The minimum absolute atomic E-state index is 0.439. The van der Waals surface area contributed by atoms with Gasteiger partial charge in [-0.2, -0.15) is 0 Å². The number of aromatic nitrogens is 2. The second-order valence-electron chi connectivity index (χ2n) is 4.20. The van der Waals surface area contributed by atoms with E-state index in [1.54, 1.807) is 0 Å². The van der Waals surface area contributed by atoms with Gasteiger partial charge in [0.25, 0.3) is 0 Å². The summed E-state index contributed by atoms with van der Waals surface area (Å²) in [5.74, 6) is 1.99. The van der Waals surface area contributed by atoms with Crippen molar-refractivity contribution in [2.45, 2.75) is 58.3 Å². The largest absolute Gasteiger partial charge is 0.425 e. The molecule has 92 valence electrons. The zero-order chi connectivity index (χ0) is 11.8. The number of rotatable bonds is 8. The van der Waals surface area contributed by atoms with E-state index in [-0.39, 0.29) is 0 Å². The van der Waals surface area contributed by atoms with Gasteiger partial charge in [-0.05, 0) is 25.8 Å². The summed E-state index contributed by atoms with van der Waals surface area (Å²) >= 11 is 0. The zero-order valence-corrected chi connectivity index (χ0v) is 10.4. The van der Waals surface area contributed by atoms with Gasteiger partial charge in [0.1, 0.15) is 0 Å². The predicted molar refractivity (Wildman–Crippen MR) is 64.2 cm³/mol. The van der Waals surface area contributed by atoms with Gasteiger partial charge in [-0.1, -0.05) is 26.7 Å². The molecule has 2 N–H and O–H groups in total. The SMILES string of the molecule is CCCC(CCC)c1nnc(CCCN)o1. The van der Waals surface area contributed by atoms with Crippen LogP contribution in [0.4, 0.5) is 0 Å².